The number of amides is 4. The first-order valence-electron chi connectivity index (χ1n) is 11.0. The fourth-order valence-electron chi connectivity index (χ4n) is 5.12. The van der Waals surface area contributed by atoms with E-state index in [-0.39, 0.29) is 29.9 Å². The summed E-state index contributed by atoms with van der Waals surface area (Å²) in [5, 5.41) is 0. The predicted molar refractivity (Wildman–Crippen MR) is 109 cm³/mol. The molecule has 0 unspecified atom stereocenters. The van der Waals surface area contributed by atoms with Crippen LogP contribution in [0.1, 0.15) is 75.7 Å². The molecule has 4 rings (SSSR count). The lowest BCUT2D eigenvalue weighted by molar-refractivity contribution is -0.148. The van der Waals surface area contributed by atoms with Crippen LogP contribution in [0.2, 0.25) is 0 Å². The Balaban J connectivity index is 1.70. The highest BCUT2D eigenvalue weighted by atomic mass is 16.5. The fourth-order valence-corrected chi connectivity index (χ4v) is 5.12. The molecule has 3 aliphatic rings. The van der Waals surface area contributed by atoms with E-state index in [0.29, 0.717) is 11.3 Å². The van der Waals surface area contributed by atoms with Gasteiger partial charge in [0.15, 0.2) is 0 Å². The molecule has 1 aromatic carbocycles. The Morgan fingerprint density at radius 1 is 0.724 bits per heavy atom. The Bertz CT molecular complexity index is 724. The van der Waals surface area contributed by atoms with E-state index in [2.05, 4.69) is 0 Å². The Kier molecular flexibility index (Phi) is 5.88. The van der Waals surface area contributed by atoms with E-state index in [0.717, 1.165) is 64.2 Å². The number of carbonyl (C=O) groups is 3. The maximum absolute atomic E-state index is 13.5. The molecule has 1 aromatic rings. The molecule has 6 heteroatoms. The zero-order chi connectivity index (χ0) is 20.4. The molecule has 1 heterocycles. The van der Waals surface area contributed by atoms with Crippen LogP contribution in [0.15, 0.2) is 24.3 Å². The topological polar surface area (TPSA) is 66.9 Å². The molecule has 2 aliphatic carbocycles. The number of nitrogens with zero attached hydrogens (tertiary/aromatic N) is 2. The van der Waals surface area contributed by atoms with Crippen LogP contribution in [0.4, 0.5) is 4.79 Å². The smallest absolute Gasteiger partial charge is 0.333 e. The summed E-state index contributed by atoms with van der Waals surface area (Å²) in [7, 11) is 1.58. The Hall–Kier alpha value is -2.37. The minimum atomic E-state index is -0.942. The normalized spacial score (nSPS) is 23.0. The van der Waals surface area contributed by atoms with Crippen LogP contribution in [0.25, 0.3) is 0 Å². The third-order valence-electron chi connectivity index (χ3n) is 6.71. The van der Waals surface area contributed by atoms with Crippen molar-refractivity contribution in [2.75, 3.05) is 7.11 Å². The minimum Gasteiger partial charge on any atom is -0.497 e. The van der Waals surface area contributed by atoms with Gasteiger partial charge in [-0.2, -0.15) is 0 Å². The molecule has 6 nitrogen and oxygen atoms in total. The lowest BCUT2D eigenvalue weighted by Crippen LogP contribution is -2.64. The maximum Gasteiger partial charge on any atom is 0.333 e. The van der Waals surface area contributed by atoms with Gasteiger partial charge in [0.1, 0.15) is 11.7 Å². The monoisotopic (exact) mass is 398 g/mol. The maximum atomic E-state index is 13.5. The molecule has 156 valence electrons. The van der Waals surface area contributed by atoms with E-state index >= 15 is 0 Å². The second kappa shape index (κ2) is 8.56. The number of benzene rings is 1. The quantitative estimate of drug-likeness (QED) is 0.712. The largest absolute Gasteiger partial charge is 0.497 e. The Morgan fingerprint density at radius 3 is 1.59 bits per heavy atom. The van der Waals surface area contributed by atoms with Crippen molar-refractivity contribution in [1.82, 2.24) is 9.80 Å². The predicted octanol–water partition coefficient (Wildman–Crippen LogP) is 4.24. The van der Waals surface area contributed by atoms with Crippen LogP contribution >= 0.6 is 0 Å². The van der Waals surface area contributed by atoms with Crippen LogP contribution in [0.5, 0.6) is 5.75 Å². The van der Waals surface area contributed by atoms with E-state index in [9.17, 15) is 14.4 Å². The van der Waals surface area contributed by atoms with E-state index in [4.69, 9.17) is 4.74 Å². The van der Waals surface area contributed by atoms with Crippen LogP contribution in [-0.2, 0) is 9.59 Å². The second-order valence-electron chi connectivity index (χ2n) is 8.49. The molecule has 4 amide bonds. The van der Waals surface area contributed by atoms with E-state index in [1.54, 1.807) is 31.4 Å². The number of barbiturate groups is 1. The molecule has 1 saturated heterocycles. The van der Waals surface area contributed by atoms with Crippen LogP contribution < -0.4 is 4.74 Å². The highest BCUT2D eigenvalue weighted by Crippen LogP contribution is 2.36. The van der Waals surface area contributed by atoms with Crippen molar-refractivity contribution in [2.24, 2.45) is 0 Å². The van der Waals surface area contributed by atoms with Crippen molar-refractivity contribution >= 4 is 17.8 Å². The molecule has 1 aliphatic heterocycles. The Morgan fingerprint density at radius 2 is 1.17 bits per heavy atom. The molecular weight excluding hydrogens is 368 g/mol. The summed E-state index contributed by atoms with van der Waals surface area (Å²) in [5.74, 6) is -0.982. The van der Waals surface area contributed by atoms with Gasteiger partial charge in [-0.1, -0.05) is 50.7 Å². The summed E-state index contributed by atoms with van der Waals surface area (Å²) in [6.45, 7) is 0. The van der Waals surface area contributed by atoms with Crippen molar-refractivity contribution < 1.29 is 19.1 Å². The molecule has 0 N–H and O–H groups in total. The van der Waals surface area contributed by atoms with Crippen LogP contribution in [0.3, 0.4) is 0 Å². The lowest BCUT2D eigenvalue weighted by atomic mass is 9.87. The van der Waals surface area contributed by atoms with Crippen LogP contribution in [0, 0.1) is 0 Å². The second-order valence-corrected chi connectivity index (χ2v) is 8.49. The SMILES string of the molecule is COc1ccc(C2C(=O)N(C3CCCCC3)C(=O)N(C3CCCCC3)C2=O)cc1. The van der Waals surface area contributed by atoms with Crippen molar-refractivity contribution in [2.45, 2.75) is 82.2 Å². The summed E-state index contributed by atoms with van der Waals surface area (Å²) < 4.78 is 5.22. The van der Waals surface area contributed by atoms with Gasteiger partial charge in [0.25, 0.3) is 0 Å². The van der Waals surface area contributed by atoms with Gasteiger partial charge in [-0.05, 0) is 43.4 Å². The summed E-state index contributed by atoms with van der Waals surface area (Å²) >= 11 is 0. The molecule has 3 fully saturated rings. The fraction of sp³-hybridized carbons (Fsp3) is 0.609. The van der Waals surface area contributed by atoms with Gasteiger partial charge in [0.2, 0.25) is 11.8 Å². The third kappa shape index (κ3) is 3.77. The number of carbonyl (C=O) groups excluding carboxylic acids is 3. The van der Waals surface area contributed by atoms with Gasteiger partial charge in [-0.25, -0.2) is 4.79 Å². The highest BCUT2D eigenvalue weighted by Gasteiger charge is 2.50. The van der Waals surface area contributed by atoms with Gasteiger partial charge in [0.05, 0.1) is 7.11 Å². The zero-order valence-electron chi connectivity index (χ0n) is 17.1. The van der Waals surface area contributed by atoms with Gasteiger partial charge in [0, 0.05) is 12.1 Å². The van der Waals surface area contributed by atoms with Gasteiger partial charge < -0.3 is 4.74 Å². The summed E-state index contributed by atoms with van der Waals surface area (Å²) in [5.41, 5.74) is 0.634. The number of imide groups is 2. The minimum absolute atomic E-state index is 0.0938. The van der Waals surface area contributed by atoms with Crippen LogP contribution in [-0.4, -0.2) is 46.8 Å². The number of hydrogen-bond acceptors (Lipinski definition) is 4. The average Bonchev–Trinajstić information content (AvgIpc) is 2.76. The first-order valence-corrected chi connectivity index (χ1v) is 11.0. The molecule has 0 atom stereocenters. The summed E-state index contributed by atoms with van der Waals surface area (Å²) in [4.78, 5) is 43.2. The first-order chi connectivity index (χ1) is 14.1. The van der Waals surface area contributed by atoms with E-state index in [1.807, 2.05) is 0 Å². The number of rotatable bonds is 4. The number of methoxy groups -OCH3 is 1. The zero-order valence-corrected chi connectivity index (χ0v) is 17.1. The molecule has 0 radical (unpaired) electrons. The number of ether oxygens (including phenoxy) is 1. The number of urea groups is 1. The molecule has 0 spiro atoms. The van der Waals surface area contributed by atoms with Gasteiger partial charge >= 0.3 is 6.03 Å². The molecular formula is C23H30N2O4. The van der Waals surface area contributed by atoms with Crippen molar-refractivity contribution in [3.8, 4) is 5.75 Å². The van der Waals surface area contributed by atoms with Crippen molar-refractivity contribution in [1.29, 1.82) is 0 Å². The van der Waals surface area contributed by atoms with Gasteiger partial charge in [-0.3, -0.25) is 19.4 Å². The van der Waals surface area contributed by atoms with E-state index in [1.165, 1.54) is 9.80 Å². The molecule has 0 bridgehead atoms. The standard InChI is InChI=1S/C23H30N2O4/c1-29-19-14-12-16(13-15-19)20-21(26)24(17-8-4-2-5-9-17)23(28)25(22(20)27)18-10-6-3-7-11-18/h12-15,17-18,20H,2-11H2,1H3. The molecule has 0 aromatic heterocycles. The average molecular weight is 399 g/mol. The third-order valence-corrected chi connectivity index (χ3v) is 6.71. The Labute approximate surface area is 172 Å². The molecule has 2 saturated carbocycles. The first kappa shape index (κ1) is 19.9. The number of hydrogen-bond donors (Lipinski definition) is 0. The lowest BCUT2D eigenvalue weighted by Gasteiger charge is -2.45. The van der Waals surface area contributed by atoms with E-state index < -0.39 is 5.92 Å². The van der Waals surface area contributed by atoms with Crippen molar-refractivity contribution in [3.63, 3.8) is 0 Å². The molecule has 29 heavy (non-hydrogen) atoms. The summed E-state index contributed by atoms with van der Waals surface area (Å²) in [6, 6.07) is 6.50. The van der Waals surface area contributed by atoms with Gasteiger partial charge in [-0.15, -0.1) is 0 Å². The van der Waals surface area contributed by atoms with Crippen molar-refractivity contribution in [3.05, 3.63) is 29.8 Å². The summed E-state index contributed by atoms with van der Waals surface area (Å²) in [6.07, 6.45) is 9.69. The highest BCUT2D eigenvalue weighted by molar-refractivity contribution is 6.19.